The van der Waals surface area contributed by atoms with Crippen molar-refractivity contribution >= 4 is 11.0 Å². The smallest absolute Gasteiger partial charge is 0.112 e. The van der Waals surface area contributed by atoms with Crippen LogP contribution in [0.1, 0.15) is 38.4 Å². The number of aromatic nitrogens is 2. The van der Waals surface area contributed by atoms with E-state index in [-0.39, 0.29) is 0 Å². The van der Waals surface area contributed by atoms with Gasteiger partial charge < -0.3 is 10.3 Å². The predicted octanol–water partition coefficient (Wildman–Crippen LogP) is 2.90. The van der Waals surface area contributed by atoms with Crippen LogP contribution in [-0.2, 0) is 6.54 Å². The summed E-state index contributed by atoms with van der Waals surface area (Å²) in [5.41, 5.74) is 7.91. The predicted molar refractivity (Wildman–Crippen MR) is 72.1 cm³/mol. The van der Waals surface area contributed by atoms with Crippen molar-refractivity contribution < 1.29 is 0 Å². The van der Waals surface area contributed by atoms with Crippen LogP contribution in [0.5, 0.6) is 0 Å². The van der Waals surface area contributed by atoms with Gasteiger partial charge >= 0.3 is 0 Å². The van der Waals surface area contributed by atoms with E-state index >= 15 is 0 Å². The molecule has 1 aromatic carbocycles. The number of imidazole rings is 1. The fraction of sp³-hybridized carbons (Fsp3) is 0.500. The molecule has 0 saturated heterocycles. The molecule has 0 bridgehead atoms. The molecule has 2 aromatic rings. The molecule has 2 rings (SSSR count). The monoisotopic (exact) mass is 231 g/mol. The maximum absolute atomic E-state index is 5.57. The van der Waals surface area contributed by atoms with Crippen LogP contribution in [0.25, 0.3) is 11.0 Å². The van der Waals surface area contributed by atoms with Gasteiger partial charge in [-0.25, -0.2) is 4.98 Å². The summed E-state index contributed by atoms with van der Waals surface area (Å²) in [6.07, 6.45) is 2.17. The van der Waals surface area contributed by atoms with E-state index in [9.17, 15) is 0 Å². The zero-order valence-corrected chi connectivity index (χ0v) is 10.7. The topological polar surface area (TPSA) is 43.8 Å². The lowest BCUT2D eigenvalue weighted by Crippen LogP contribution is -2.08. The van der Waals surface area contributed by atoms with E-state index in [2.05, 4.69) is 36.6 Å². The molecule has 3 nitrogen and oxygen atoms in total. The number of nitrogens with zero attached hydrogens (tertiary/aromatic N) is 2. The van der Waals surface area contributed by atoms with E-state index in [0.717, 1.165) is 31.4 Å². The number of para-hydroxylation sites is 2. The second-order valence-electron chi connectivity index (χ2n) is 4.53. The summed E-state index contributed by atoms with van der Waals surface area (Å²) < 4.78 is 2.32. The Kier molecular flexibility index (Phi) is 3.79. The van der Waals surface area contributed by atoms with Gasteiger partial charge in [0.2, 0.25) is 0 Å². The largest absolute Gasteiger partial charge is 0.330 e. The lowest BCUT2D eigenvalue weighted by atomic mass is 10.1. The van der Waals surface area contributed by atoms with Crippen molar-refractivity contribution in [1.29, 1.82) is 0 Å². The number of aryl methyl sites for hydroxylation is 1. The zero-order valence-electron chi connectivity index (χ0n) is 10.7. The fourth-order valence-corrected chi connectivity index (χ4v) is 2.36. The molecular weight excluding hydrogens is 210 g/mol. The Balaban J connectivity index is 2.38. The molecule has 17 heavy (non-hydrogen) atoms. The van der Waals surface area contributed by atoms with Gasteiger partial charge in [0, 0.05) is 12.5 Å². The highest BCUT2D eigenvalue weighted by molar-refractivity contribution is 5.76. The number of fused-ring (bicyclic) bond motifs is 1. The zero-order chi connectivity index (χ0) is 12.3. The third-order valence-electron chi connectivity index (χ3n) is 3.28. The van der Waals surface area contributed by atoms with Crippen LogP contribution >= 0.6 is 0 Å². The maximum Gasteiger partial charge on any atom is 0.112 e. The highest BCUT2D eigenvalue weighted by Gasteiger charge is 2.14. The fourth-order valence-electron chi connectivity index (χ4n) is 2.36. The van der Waals surface area contributed by atoms with Crippen molar-refractivity contribution in [2.24, 2.45) is 5.73 Å². The van der Waals surface area contributed by atoms with Crippen molar-refractivity contribution in [1.82, 2.24) is 9.55 Å². The highest BCUT2D eigenvalue weighted by atomic mass is 15.1. The van der Waals surface area contributed by atoms with Gasteiger partial charge in [-0.15, -0.1) is 0 Å². The minimum Gasteiger partial charge on any atom is -0.330 e. The number of hydrogen-bond donors (Lipinski definition) is 1. The van der Waals surface area contributed by atoms with Gasteiger partial charge in [-0.05, 0) is 38.4 Å². The van der Waals surface area contributed by atoms with E-state index in [0.29, 0.717) is 5.92 Å². The molecule has 0 saturated carbocycles. The Labute approximate surface area is 103 Å². The first-order chi connectivity index (χ1) is 8.27. The van der Waals surface area contributed by atoms with E-state index in [4.69, 9.17) is 10.7 Å². The summed E-state index contributed by atoms with van der Waals surface area (Å²) in [7, 11) is 0. The van der Waals surface area contributed by atoms with Crippen LogP contribution in [0.2, 0.25) is 0 Å². The maximum atomic E-state index is 5.57. The van der Waals surface area contributed by atoms with Crippen molar-refractivity contribution in [3.63, 3.8) is 0 Å². The van der Waals surface area contributed by atoms with Crippen molar-refractivity contribution in [2.45, 2.75) is 39.2 Å². The summed E-state index contributed by atoms with van der Waals surface area (Å²) in [5.74, 6) is 1.67. The van der Waals surface area contributed by atoms with E-state index in [1.165, 1.54) is 11.3 Å². The first-order valence-electron chi connectivity index (χ1n) is 6.43. The Bertz CT molecular complexity index is 487. The summed E-state index contributed by atoms with van der Waals surface area (Å²) in [5, 5.41) is 0. The molecular formula is C14H21N3. The molecule has 3 heteroatoms. The first-order valence-corrected chi connectivity index (χ1v) is 6.43. The van der Waals surface area contributed by atoms with Gasteiger partial charge in [0.25, 0.3) is 0 Å². The summed E-state index contributed by atoms with van der Waals surface area (Å²) in [4.78, 5) is 4.76. The average Bonchev–Trinajstić information content (AvgIpc) is 2.74. The Hall–Kier alpha value is -1.35. The lowest BCUT2D eigenvalue weighted by Gasteiger charge is -2.12. The molecule has 1 aromatic heterocycles. The Morgan fingerprint density at radius 3 is 2.82 bits per heavy atom. The summed E-state index contributed by atoms with van der Waals surface area (Å²) in [6.45, 7) is 6.15. The minimum absolute atomic E-state index is 0.478. The summed E-state index contributed by atoms with van der Waals surface area (Å²) >= 11 is 0. The number of nitrogens with two attached hydrogens (primary N) is 1. The molecule has 0 aliphatic heterocycles. The van der Waals surface area contributed by atoms with Gasteiger partial charge in [0.1, 0.15) is 5.82 Å². The molecule has 1 heterocycles. The molecule has 0 aliphatic carbocycles. The van der Waals surface area contributed by atoms with Crippen molar-refractivity contribution in [2.75, 3.05) is 6.54 Å². The average molecular weight is 231 g/mol. The van der Waals surface area contributed by atoms with Crippen molar-refractivity contribution in [3.05, 3.63) is 30.1 Å². The second kappa shape index (κ2) is 5.32. The second-order valence-corrected chi connectivity index (χ2v) is 4.53. The van der Waals surface area contributed by atoms with Crippen LogP contribution in [0, 0.1) is 0 Å². The highest BCUT2D eigenvalue weighted by Crippen LogP contribution is 2.24. The van der Waals surface area contributed by atoms with E-state index < -0.39 is 0 Å². The number of rotatable bonds is 5. The SMILES string of the molecule is CCn1c(C(C)CCCN)nc2ccccc21. The molecule has 92 valence electrons. The quantitative estimate of drug-likeness (QED) is 0.860. The van der Waals surface area contributed by atoms with Gasteiger partial charge in [-0.2, -0.15) is 0 Å². The standard InChI is InChI=1S/C14H21N3/c1-3-17-13-9-5-4-8-12(13)16-14(17)11(2)7-6-10-15/h4-5,8-9,11H,3,6-7,10,15H2,1-2H3. The van der Waals surface area contributed by atoms with Gasteiger partial charge in [0.15, 0.2) is 0 Å². The molecule has 0 amide bonds. The molecule has 0 fully saturated rings. The number of benzene rings is 1. The van der Waals surface area contributed by atoms with Gasteiger partial charge in [0.05, 0.1) is 11.0 Å². The minimum atomic E-state index is 0.478. The van der Waals surface area contributed by atoms with E-state index in [1.807, 2.05) is 6.07 Å². The van der Waals surface area contributed by atoms with Crippen LogP contribution < -0.4 is 5.73 Å². The number of hydrogen-bond acceptors (Lipinski definition) is 2. The van der Waals surface area contributed by atoms with Gasteiger partial charge in [-0.1, -0.05) is 19.1 Å². The normalized spacial score (nSPS) is 13.1. The third kappa shape index (κ3) is 2.34. The molecule has 1 atom stereocenters. The van der Waals surface area contributed by atoms with Crippen LogP contribution in [-0.4, -0.2) is 16.1 Å². The summed E-state index contributed by atoms with van der Waals surface area (Å²) in [6, 6.07) is 8.35. The van der Waals surface area contributed by atoms with Gasteiger partial charge in [-0.3, -0.25) is 0 Å². The molecule has 0 radical (unpaired) electrons. The molecule has 0 aliphatic rings. The lowest BCUT2D eigenvalue weighted by molar-refractivity contribution is 0.574. The molecule has 2 N–H and O–H groups in total. The van der Waals surface area contributed by atoms with E-state index in [1.54, 1.807) is 0 Å². The van der Waals surface area contributed by atoms with Crippen LogP contribution in [0.3, 0.4) is 0 Å². The molecule has 0 spiro atoms. The Morgan fingerprint density at radius 2 is 2.12 bits per heavy atom. The van der Waals surface area contributed by atoms with Crippen molar-refractivity contribution in [3.8, 4) is 0 Å². The van der Waals surface area contributed by atoms with Crippen LogP contribution in [0.4, 0.5) is 0 Å². The van der Waals surface area contributed by atoms with Crippen LogP contribution in [0.15, 0.2) is 24.3 Å². The third-order valence-corrected chi connectivity index (χ3v) is 3.28. The first kappa shape index (κ1) is 12.1. The molecule has 1 unspecified atom stereocenters. The Morgan fingerprint density at radius 1 is 1.35 bits per heavy atom.